The average Bonchev–Trinajstić information content (AvgIpc) is 2.99. The Bertz CT molecular complexity index is 1140. The molecule has 0 bridgehead atoms. The van der Waals surface area contributed by atoms with E-state index in [0.717, 1.165) is 25.1 Å². The Morgan fingerprint density at radius 2 is 1.88 bits per heavy atom. The van der Waals surface area contributed by atoms with Gasteiger partial charge in [0.1, 0.15) is 12.4 Å². The molecule has 3 heterocycles. The predicted octanol–water partition coefficient (Wildman–Crippen LogP) is 1.59. The Labute approximate surface area is 192 Å². The van der Waals surface area contributed by atoms with Gasteiger partial charge in [0.15, 0.2) is 16.3 Å². The molecule has 0 saturated carbocycles. The number of aromatic nitrogens is 3. The molecule has 0 unspecified atom stereocenters. The average molecular weight is 482 g/mol. The Morgan fingerprint density at radius 1 is 1.16 bits per heavy atom. The fourth-order valence-corrected chi connectivity index (χ4v) is 5.45. The lowest BCUT2D eigenvalue weighted by molar-refractivity contribution is -0.133. The predicted molar refractivity (Wildman–Crippen MR) is 119 cm³/mol. The van der Waals surface area contributed by atoms with Crippen molar-refractivity contribution in [3.8, 4) is 11.5 Å². The van der Waals surface area contributed by atoms with Gasteiger partial charge in [-0.2, -0.15) is 9.40 Å². The molecule has 2 aromatic rings. The molecule has 1 N–H and O–H groups in total. The fourth-order valence-electron chi connectivity index (χ4n) is 3.79. The van der Waals surface area contributed by atoms with Crippen molar-refractivity contribution < 1.29 is 22.7 Å². The van der Waals surface area contributed by atoms with E-state index in [0.29, 0.717) is 42.6 Å². The van der Waals surface area contributed by atoms with Crippen LogP contribution in [0.25, 0.3) is 0 Å². The molecule has 1 amide bonds. The SMILES string of the molecule is CCCc1n[nH]c(=S)n1CC(=O)N1CCN(S(=O)(=O)c2ccc3c(c2)OCCCO3)CC1. The van der Waals surface area contributed by atoms with E-state index in [9.17, 15) is 13.2 Å². The van der Waals surface area contributed by atoms with Crippen LogP contribution in [0.5, 0.6) is 11.5 Å². The number of nitrogens with one attached hydrogen (secondary N) is 1. The van der Waals surface area contributed by atoms with Gasteiger partial charge in [0.05, 0.1) is 18.1 Å². The molecule has 174 valence electrons. The van der Waals surface area contributed by atoms with E-state index in [1.54, 1.807) is 15.5 Å². The van der Waals surface area contributed by atoms with Crippen LogP contribution in [0.1, 0.15) is 25.6 Å². The van der Waals surface area contributed by atoms with Gasteiger partial charge in [-0.25, -0.2) is 8.42 Å². The molecule has 0 radical (unpaired) electrons. The van der Waals surface area contributed by atoms with Gasteiger partial charge in [-0.1, -0.05) is 6.92 Å². The molecule has 12 heteroatoms. The number of nitrogens with zero attached hydrogens (tertiary/aromatic N) is 4. The molecule has 32 heavy (non-hydrogen) atoms. The van der Waals surface area contributed by atoms with Gasteiger partial charge in [0.25, 0.3) is 0 Å². The molecule has 1 aromatic heterocycles. The summed E-state index contributed by atoms with van der Waals surface area (Å²) in [5, 5.41) is 6.93. The van der Waals surface area contributed by atoms with Crippen LogP contribution >= 0.6 is 12.2 Å². The number of piperazine rings is 1. The summed E-state index contributed by atoms with van der Waals surface area (Å²) < 4.78 is 41.0. The second-order valence-electron chi connectivity index (χ2n) is 7.73. The minimum atomic E-state index is -3.70. The molecule has 1 fully saturated rings. The van der Waals surface area contributed by atoms with E-state index in [-0.39, 0.29) is 30.4 Å². The van der Waals surface area contributed by atoms with Crippen molar-refractivity contribution in [2.75, 3.05) is 39.4 Å². The van der Waals surface area contributed by atoms with Crippen molar-refractivity contribution in [2.45, 2.75) is 37.6 Å². The third-order valence-corrected chi connectivity index (χ3v) is 7.76. The molecule has 1 saturated heterocycles. The lowest BCUT2D eigenvalue weighted by Crippen LogP contribution is -2.51. The van der Waals surface area contributed by atoms with Crippen molar-refractivity contribution in [1.82, 2.24) is 24.0 Å². The molecule has 4 rings (SSSR count). The number of hydrogen-bond donors (Lipinski definition) is 1. The van der Waals surface area contributed by atoms with E-state index in [1.165, 1.54) is 16.4 Å². The standard InChI is InChI=1S/C20H27N5O5S2/c1-2-4-18-21-22-20(31)25(18)14-19(26)23-7-9-24(10-8-23)32(27,28)15-5-6-16-17(13-15)30-12-3-11-29-16/h5-6,13H,2-4,7-12,14H2,1H3,(H,22,31). The van der Waals surface area contributed by atoms with Crippen LogP contribution in [0, 0.1) is 4.77 Å². The zero-order valence-corrected chi connectivity index (χ0v) is 19.6. The smallest absolute Gasteiger partial charge is 0.243 e. The summed E-state index contributed by atoms with van der Waals surface area (Å²) in [5.74, 6) is 1.64. The van der Waals surface area contributed by atoms with E-state index >= 15 is 0 Å². The molecule has 2 aliphatic heterocycles. The van der Waals surface area contributed by atoms with Gasteiger partial charge in [0.2, 0.25) is 15.9 Å². The summed E-state index contributed by atoms with van der Waals surface area (Å²) in [6, 6.07) is 4.69. The third-order valence-electron chi connectivity index (χ3n) is 5.55. The second-order valence-corrected chi connectivity index (χ2v) is 10.0. The summed E-state index contributed by atoms with van der Waals surface area (Å²) in [7, 11) is -3.70. The molecule has 0 aliphatic carbocycles. The summed E-state index contributed by atoms with van der Waals surface area (Å²) >= 11 is 5.25. The summed E-state index contributed by atoms with van der Waals surface area (Å²) in [6.07, 6.45) is 2.36. The zero-order chi connectivity index (χ0) is 22.7. The maximum Gasteiger partial charge on any atom is 0.243 e. The Hall–Kier alpha value is -2.44. The zero-order valence-electron chi connectivity index (χ0n) is 17.9. The molecular weight excluding hydrogens is 454 g/mol. The maximum atomic E-state index is 13.1. The first kappa shape index (κ1) is 22.7. The molecule has 10 nitrogen and oxygen atoms in total. The monoisotopic (exact) mass is 481 g/mol. The van der Waals surface area contributed by atoms with Gasteiger partial charge < -0.3 is 14.4 Å². The van der Waals surface area contributed by atoms with E-state index < -0.39 is 10.0 Å². The molecule has 2 aliphatic rings. The van der Waals surface area contributed by atoms with Crippen LogP contribution < -0.4 is 9.47 Å². The minimum absolute atomic E-state index is 0.0968. The number of ether oxygens (including phenoxy) is 2. The molecule has 0 atom stereocenters. The highest BCUT2D eigenvalue weighted by Crippen LogP contribution is 2.33. The van der Waals surface area contributed by atoms with Crippen molar-refractivity contribution >= 4 is 28.1 Å². The van der Waals surface area contributed by atoms with Crippen LogP contribution in [0.3, 0.4) is 0 Å². The van der Waals surface area contributed by atoms with Gasteiger partial charge in [-0.3, -0.25) is 14.5 Å². The largest absolute Gasteiger partial charge is 0.490 e. The first-order valence-corrected chi connectivity index (χ1v) is 12.6. The quantitative estimate of drug-likeness (QED) is 0.624. The topological polar surface area (TPSA) is 110 Å². The highest BCUT2D eigenvalue weighted by Gasteiger charge is 2.31. The number of carbonyl (C=O) groups excluding carboxylic acids is 1. The van der Waals surface area contributed by atoms with Gasteiger partial charge in [0, 0.05) is 45.1 Å². The number of hydrogen-bond acceptors (Lipinski definition) is 7. The van der Waals surface area contributed by atoms with Gasteiger partial charge >= 0.3 is 0 Å². The summed E-state index contributed by atoms with van der Waals surface area (Å²) in [6.45, 7) is 4.24. The van der Waals surface area contributed by atoms with Gasteiger partial charge in [-0.05, 0) is 30.8 Å². The maximum absolute atomic E-state index is 13.1. The van der Waals surface area contributed by atoms with Crippen LogP contribution in [0.4, 0.5) is 0 Å². The van der Waals surface area contributed by atoms with Crippen molar-refractivity contribution in [3.05, 3.63) is 28.8 Å². The number of amides is 1. The van der Waals surface area contributed by atoms with Crippen molar-refractivity contribution in [2.24, 2.45) is 0 Å². The van der Waals surface area contributed by atoms with E-state index in [4.69, 9.17) is 21.7 Å². The number of H-pyrrole nitrogens is 1. The van der Waals surface area contributed by atoms with Crippen molar-refractivity contribution in [1.29, 1.82) is 0 Å². The van der Waals surface area contributed by atoms with E-state index in [2.05, 4.69) is 10.2 Å². The van der Waals surface area contributed by atoms with Gasteiger partial charge in [-0.15, -0.1) is 0 Å². The highest BCUT2D eigenvalue weighted by molar-refractivity contribution is 7.89. The number of aryl methyl sites for hydroxylation is 1. The third kappa shape index (κ3) is 4.66. The molecule has 0 spiro atoms. The fraction of sp³-hybridized carbons (Fsp3) is 0.550. The van der Waals surface area contributed by atoms with Crippen LogP contribution in [-0.4, -0.2) is 77.7 Å². The lowest BCUT2D eigenvalue weighted by atomic mass is 10.3. The number of carbonyl (C=O) groups is 1. The molecular formula is C20H27N5O5S2. The van der Waals surface area contributed by atoms with Crippen molar-refractivity contribution in [3.63, 3.8) is 0 Å². The van der Waals surface area contributed by atoms with E-state index in [1.807, 2.05) is 6.92 Å². The second kappa shape index (κ2) is 9.59. The Morgan fingerprint density at radius 3 is 2.59 bits per heavy atom. The lowest BCUT2D eigenvalue weighted by Gasteiger charge is -2.34. The van der Waals surface area contributed by atoms with Crippen LogP contribution in [0.2, 0.25) is 0 Å². The number of sulfonamides is 1. The Balaban J connectivity index is 1.41. The summed E-state index contributed by atoms with van der Waals surface area (Å²) in [5.41, 5.74) is 0. The first-order valence-electron chi connectivity index (χ1n) is 10.7. The normalized spacial score (nSPS) is 17.2. The molecule has 1 aromatic carbocycles. The number of aromatic amines is 1. The van der Waals surface area contributed by atoms with Crippen LogP contribution in [0.15, 0.2) is 23.1 Å². The number of fused-ring (bicyclic) bond motifs is 1. The summed E-state index contributed by atoms with van der Waals surface area (Å²) in [4.78, 5) is 14.6. The number of benzene rings is 1. The minimum Gasteiger partial charge on any atom is -0.490 e. The first-order chi connectivity index (χ1) is 15.4. The highest BCUT2D eigenvalue weighted by atomic mass is 32.2. The Kier molecular flexibility index (Phi) is 6.82. The number of rotatable bonds is 6. The van der Waals surface area contributed by atoms with Crippen LogP contribution in [-0.2, 0) is 27.8 Å².